The lowest BCUT2D eigenvalue weighted by Crippen LogP contribution is -2.46. The van der Waals surface area contributed by atoms with Gasteiger partial charge in [0.15, 0.2) is 0 Å². The first kappa shape index (κ1) is 15.0. The summed E-state index contributed by atoms with van der Waals surface area (Å²) >= 11 is 0. The van der Waals surface area contributed by atoms with E-state index < -0.39 is 5.41 Å². The molecule has 3 nitrogen and oxygen atoms in total. The highest BCUT2D eigenvalue weighted by atomic mass is 19.1. The molecule has 1 amide bonds. The van der Waals surface area contributed by atoms with E-state index >= 15 is 0 Å². The number of hydrogen-bond donors (Lipinski definition) is 2. The Hall–Kier alpha value is -1.42. The van der Waals surface area contributed by atoms with Crippen LogP contribution in [0.1, 0.15) is 44.6 Å². The molecule has 1 aromatic rings. The molecule has 1 saturated carbocycles. The highest BCUT2D eigenvalue weighted by Gasteiger charge is 2.43. The predicted molar refractivity (Wildman–Crippen MR) is 77.8 cm³/mol. The quantitative estimate of drug-likeness (QED) is 0.840. The van der Waals surface area contributed by atoms with E-state index in [1.54, 1.807) is 12.1 Å². The van der Waals surface area contributed by atoms with Crippen LogP contribution in [0.4, 0.5) is 4.39 Å². The molecule has 110 valence electrons. The van der Waals surface area contributed by atoms with E-state index in [9.17, 15) is 9.18 Å². The standard InChI is InChI=1S/C16H23FN2O/c1-3-16(4-2,10-18)15(20)19-14-9-13(14)11-6-5-7-12(17)8-11/h5-8,13-14H,3-4,9-10,18H2,1-2H3,(H,19,20). The number of halogens is 1. The fourth-order valence-corrected chi connectivity index (χ4v) is 2.73. The molecule has 0 aromatic heterocycles. The maximum absolute atomic E-state index is 13.2. The van der Waals surface area contributed by atoms with Gasteiger partial charge in [-0.3, -0.25) is 4.79 Å². The van der Waals surface area contributed by atoms with Gasteiger partial charge in [0.1, 0.15) is 5.82 Å². The van der Waals surface area contributed by atoms with Gasteiger partial charge in [-0.2, -0.15) is 0 Å². The predicted octanol–water partition coefficient (Wildman–Crippen LogP) is 2.56. The second-order valence-corrected chi connectivity index (χ2v) is 5.67. The molecule has 0 aliphatic heterocycles. The normalized spacial score (nSPS) is 21.6. The van der Waals surface area contributed by atoms with Crippen LogP contribution in [-0.4, -0.2) is 18.5 Å². The van der Waals surface area contributed by atoms with Gasteiger partial charge < -0.3 is 11.1 Å². The molecule has 1 aliphatic carbocycles. The Balaban J connectivity index is 1.98. The van der Waals surface area contributed by atoms with Crippen molar-refractivity contribution in [1.82, 2.24) is 5.32 Å². The first-order chi connectivity index (χ1) is 9.56. The Bertz CT molecular complexity index is 477. The fourth-order valence-electron chi connectivity index (χ4n) is 2.73. The van der Waals surface area contributed by atoms with Crippen molar-refractivity contribution in [2.45, 2.75) is 45.1 Å². The van der Waals surface area contributed by atoms with Crippen LogP contribution in [0.25, 0.3) is 0 Å². The molecule has 2 rings (SSSR count). The summed E-state index contributed by atoms with van der Waals surface area (Å²) in [4.78, 5) is 12.4. The van der Waals surface area contributed by atoms with Crippen LogP contribution in [0.2, 0.25) is 0 Å². The first-order valence-corrected chi connectivity index (χ1v) is 7.32. The summed E-state index contributed by atoms with van der Waals surface area (Å²) in [5.41, 5.74) is 6.28. The van der Waals surface area contributed by atoms with Crippen molar-refractivity contribution in [1.29, 1.82) is 0 Å². The Morgan fingerprint density at radius 1 is 1.45 bits per heavy atom. The van der Waals surface area contributed by atoms with E-state index in [-0.39, 0.29) is 23.7 Å². The van der Waals surface area contributed by atoms with Crippen LogP contribution in [0.15, 0.2) is 24.3 Å². The van der Waals surface area contributed by atoms with Gasteiger partial charge in [-0.1, -0.05) is 26.0 Å². The number of carbonyl (C=O) groups excluding carboxylic acids is 1. The minimum absolute atomic E-state index is 0.0360. The van der Waals surface area contributed by atoms with Crippen molar-refractivity contribution in [3.63, 3.8) is 0 Å². The van der Waals surface area contributed by atoms with E-state index in [2.05, 4.69) is 5.32 Å². The van der Waals surface area contributed by atoms with Crippen LogP contribution < -0.4 is 11.1 Å². The molecule has 0 saturated heterocycles. The van der Waals surface area contributed by atoms with Crippen molar-refractivity contribution in [3.8, 4) is 0 Å². The van der Waals surface area contributed by atoms with Crippen molar-refractivity contribution < 1.29 is 9.18 Å². The third-order valence-corrected chi connectivity index (χ3v) is 4.61. The van der Waals surface area contributed by atoms with Crippen molar-refractivity contribution in [2.24, 2.45) is 11.1 Å². The third-order valence-electron chi connectivity index (χ3n) is 4.61. The molecule has 1 aromatic carbocycles. The van der Waals surface area contributed by atoms with E-state index in [0.717, 1.165) is 24.8 Å². The number of nitrogens with one attached hydrogen (secondary N) is 1. The Morgan fingerprint density at radius 3 is 2.70 bits per heavy atom. The molecule has 0 bridgehead atoms. The van der Waals surface area contributed by atoms with Crippen LogP contribution >= 0.6 is 0 Å². The van der Waals surface area contributed by atoms with Gasteiger partial charge in [-0.05, 0) is 37.0 Å². The SMILES string of the molecule is CCC(CC)(CN)C(=O)NC1CC1c1cccc(F)c1. The second kappa shape index (κ2) is 5.92. The minimum atomic E-state index is -0.463. The monoisotopic (exact) mass is 278 g/mol. The maximum Gasteiger partial charge on any atom is 0.227 e. The average molecular weight is 278 g/mol. The van der Waals surface area contributed by atoms with Gasteiger partial charge in [0.2, 0.25) is 5.91 Å². The summed E-state index contributed by atoms with van der Waals surface area (Å²) in [6, 6.07) is 6.73. The average Bonchev–Trinajstić information content (AvgIpc) is 3.21. The van der Waals surface area contributed by atoms with Crippen LogP contribution in [0.5, 0.6) is 0 Å². The summed E-state index contributed by atoms with van der Waals surface area (Å²) < 4.78 is 13.2. The van der Waals surface area contributed by atoms with Crippen molar-refractivity contribution >= 4 is 5.91 Å². The number of nitrogens with two attached hydrogens (primary N) is 1. The van der Waals surface area contributed by atoms with E-state index in [4.69, 9.17) is 5.73 Å². The topological polar surface area (TPSA) is 55.1 Å². The lowest BCUT2D eigenvalue weighted by molar-refractivity contribution is -0.131. The summed E-state index contributed by atoms with van der Waals surface area (Å²) in [5, 5.41) is 3.07. The smallest absolute Gasteiger partial charge is 0.227 e. The Morgan fingerprint density at radius 2 is 2.15 bits per heavy atom. The molecule has 2 unspecified atom stereocenters. The highest BCUT2D eigenvalue weighted by molar-refractivity contribution is 5.83. The maximum atomic E-state index is 13.2. The second-order valence-electron chi connectivity index (χ2n) is 5.67. The van der Waals surface area contributed by atoms with Crippen molar-refractivity contribution in [3.05, 3.63) is 35.6 Å². The molecule has 0 radical (unpaired) electrons. The van der Waals surface area contributed by atoms with Gasteiger partial charge in [-0.15, -0.1) is 0 Å². The van der Waals surface area contributed by atoms with Gasteiger partial charge in [0, 0.05) is 18.5 Å². The number of rotatable bonds is 6. The number of hydrogen-bond acceptors (Lipinski definition) is 2. The number of carbonyl (C=O) groups is 1. The zero-order valence-corrected chi connectivity index (χ0v) is 12.2. The van der Waals surface area contributed by atoms with Gasteiger partial charge in [0.05, 0.1) is 5.41 Å². The summed E-state index contributed by atoms with van der Waals surface area (Å²) in [6.45, 7) is 4.35. The summed E-state index contributed by atoms with van der Waals surface area (Å²) in [7, 11) is 0. The largest absolute Gasteiger partial charge is 0.352 e. The van der Waals surface area contributed by atoms with Gasteiger partial charge >= 0.3 is 0 Å². The molecule has 4 heteroatoms. The minimum Gasteiger partial charge on any atom is -0.352 e. The Labute approximate surface area is 119 Å². The molecule has 0 spiro atoms. The molecule has 1 aliphatic rings. The molecular formula is C16H23FN2O. The fraction of sp³-hybridized carbons (Fsp3) is 0.562. The summed E-state index contributed by atoms with van der Waals surface area (Å²) in [5.74, 6) is 0.0469. The molecular weight excluding hydrogens is 255 g/mol. The summed E-state index contributed by atoms with van der Waals surface area (Å²) in [6.07, 6.45) is 2.36. The van der Waals surface area contributed by atoms with Gasteiger partial charge in [0.25, 0.3) is 0 Å². The number of amides is 1. The third kappa shape index (κ3) is 2.85. The van der Waals surface area contributed by atoms with Crippen LogP contribution in [0.3, 0.4) is 0 Å². The molecule has 0 heterocycles. The van der Waals surface area contributed by atoms with Crippen LogP contribution in [-0.2, 0) is 4.79 Å². The number of benzene rings is 1. The highest BCUT2D eigenvalue weighted by Crippen LogP contribution is 2.41. The molecule has 20 heavy (non-hydrogen) atoms. The van der Waals surface area contributed by atoms with E-state index in [1.807, 2.05) is 19.9 Å². The van der Waals surface area contributed by atoms with Gasteiger partial charge in [-0.25, -0.2) is 4.39 Å². The zero-order chi connectivity index (χ0) is 14.8. The molecule has 1 fully saturated rings. The first-order valence-electron chi connectivity index (χ1n) is 7.32. The molecule has 3 N–H and O–H groups in total. The van der Waals surface area contributed by atoms with E-state index in [0.29, 0.717) is 6.54 Å². The lowest BCUT2D eigenvalue weighted by atomic mass is 9.81. The lowest BCUT2D eigenvalue weighted by Gasteiger charge is -2.28. The Kier molecular flexibility index (Phi) is 4.43. The zero-order valence-electron chi connectivity index (χ0n) is 12.2. The van der Waals surface area contributed by atoms with Crippen LogP contribution in [0, 0.1) is 11.2 Å². The van der Waals surface area contributed by atoms with Crippen molar-refractivity contribution in [2.75, 3.05) is 6.54 Å². The van der Waals surface area contributed by atoms with E-state index in [1.165, 1.54) is 6.07 Å². The molecule has 2 atom stereocenters.